The van der Waals surface area contributed by atoms with Crippen molar-refractivity contribution in [3.8, 4) is 0 Å². The average Bonchev–Trinajstić information content (AvgIpc) is 2.55. The molecule has 0 bridgehead atoms. The van der Waals surface area contributed by atoms with Crippen LogP contribution < -0.4 is 5.32 Å². The van der Waals surface area contributed by atoms with Crippen LogP contribution in [0.25, 0.3) is 0 Å². The van der Waals surface area contributed by atoms with Crippen LogP contribution in [0.5, 0.6) is 0 Å². The molecule has 0 radical (unpaired) electrons. The Bertz CT molecular complexity index is 714. The van der Waals surface area contributed by atoms with Crippen LogP contribution in [0, 0.1) is 10.1 Å². The molecule has 2 rings (SSSR count). The van der Waals surface area contributed by atoms with Crippen LogP contribution in [0.15, 0.2) is 48.5 Å². The second-order valence-electron chi connectivity index (χ2n) is 5.74. The molecule has 2 aromatic carbocycles. The number of rotatable bonds is 7. The number of nitro benzene ring substituents is 1. The molecular formula is C18H20N2O3S. The summed E-state index contributed by atoms with van der Waals surface area (Å²) in [4.78, 5) is 22.3. The van der Waals surface area contributed by atoms with E-state index >= 15 is 0 Å². The van der Waals surface area contributed by atoms with Gasteiger partial charge >= 0.3 is 0 Å². The third-order valence-electron chi connectivity index (χ3n) is 3.48. The summed E-state index contributed by atoms with van der Waals surface area (Å²) in [5.74, 6) is 1.23. The molecule has 0 unspecified atom stereocenters. The van der Waals surface area contributed by atoms with Gasteiger partial charge in [-0.3, -0.25) is 14.9 Å². The van der Waals surface area contributed by atoms with Crippen molar-refractivity contribution >= 4 is 29.0 Å². The van der Waals surface area contributed by atoms with Gasteiger partial charge in [-0.15, -0.1) is 11.8 Å². The number of anilines is 1. The summed E-state index contributed by atoms with van der Waals surface area (Å²) in [6, 6.07) is 14.3. The molecule has 0 aliphatic heterocycles. The van der Waals surface area contributed by atoms with Gasteiger partial charge in [0.1, 0.15) is 0 Å². The minimum absolute atomic E-state index is 0.0720. The lowest BCUT2D eigenvalue weighted by atomic mass is 10.0. The smallest absolute Gasteiger partial charge is 0.269 e. The molecule has 1 amide bonds. The first-order valence-corrected chi connectivity index (χ1v) is 8.82. The fourth-order valence-electron chi connectivity index (χ4n) is 2.17. The van der Waals surface area contributed by atoms with Crippen molar-refractivity contribution < 1.29 is 9.72 Å². The average molecular weight is 344 g/mol. The number of amides is 1. The molecule has 6 heteroatoms. The summed E-state index contributed by atoms with van der Waals surface area (Å²) in [7, 11) is 0. The quantitative estimate of drug-likeness (QED) is 0.589. The second-order valence-corrected chi connectivity index (χ2v) is 6.73. The summed E-state index contributed by atoms with van der Waals surface area (Å²) < 4.78 is 0. The molecule has 0 fully saturated rings. The molecule has 0 heterocycles. The van der Waals surface area contributed by atoms with Gasteiger partial charge in [0.05, 0.1) is 10.7 Å². The third kappa shape index (κ3) is 5.38. The number of nitrogens with one attached hydrogen (secondary N) is 1. The van der Waals surface area contributed by atoms with E-state index in [-0.39, 0.29) is 11.6 Å². The molecular weight excluding hydrogens is 324 g/mol. The van der Waals surface area contributed by atoms with E-state index in [2.05, 4.69) is 19.2 Å². The van der Waals surface area contributed by atoms with E-state index < -0.39 is 4.92 Å². The zero-order chi connectivity index (χ0) is 17.5. The Balaban J connectivity index is 1.81. The molecule has 0 atom stereocenters. The highest BCUT2D eigenvalue weighted by atomic mass is 32.2. The van der Waals surface area contributed by atoms with Crippen molar-refractivity contribution in [1.82, 2.24) is 0 Å². The largest absolute Gasteiger partial charge is 0.325 e. The molecule has 0 aliphatic rings. The van der Waals surface area contributed by atoms with E-state index in [9.17, 15) is 14.9 Å². The van der Waals surface area contributed by atoms with Crippen LogP contribution in [-0.4, -0.2) is 16.6 Å². The zero-order valence-corrected chi connectivity index (χ0v) is 14.5. The number of thioether (sulfide) groups is 1. The van der Waals surface area contributed by atoms with Crippen LogP contribution in [0.2, 0.25) is 0 Å². The van der Waals surface area contributed by atoms with E-state index in [0.29, 0.717) is 17.4 Å². The first-order valence-electron chi connectivity index (χ1n) is 7.66. The Morgan fingerprint density at radius 3 is 2.54 bits per heavy atom. The monoisotopic (exact) mass is 344 g/mol. The fourth-order valence-corrected chi connectivity index (χ4v) is 2.94. The van der Waals surface area contributed by atoms with E-state index in [0.717, 1.165) is 11.3 Å². The van der Waals surface area contributed by atoms with Crippen LogP contribution in [0.1, 0.15) is 30.9 Å². The van der Waals surface area contributed by atoms with Crippen molar-refractivity contribution in [2.24, 2.45) is 0 Å². The number of nitrogens with zero attached hydrogens (tertiary/aromatic N) is 1. The molecule has 0 saturated carbocycles. The predicted molar refractivity (Wildman–Crippen MR) is 98.4 cm³/mol. The van der Waals surface area contributed by atoms with Crippen LogP contribution in [-0.2, 0) is 10.5 Å². The number of nitro groups is 1. The molecule has 0 aliphatic carbocycles. The Morgan fingerprint density at radius 1 is 1.21 bits per heavy atom. The van der Waals surface area contributed by atoms with Crippen molar-refractivity contribution in [2.45, 2.75) is 25.5 Å². The first kappa shape index (κ1) is 18.0. The highest BCUT2D eigenvalue weighted by Crippen LogP contribution is 2.19. The number of carbonyl (C=O) groups excluding carboxylic acids is 1. The van der Waals surface area contributed by atoms with E-state index in [4.69, 9.17) is 0 Å². The molecule has 126 valence electrons. The molecule has 24 heavy (non-hydrogen) atoms. The van der Waals surface area contributed by atoms with Gasteiger partial charge in [0.15, 0.2) is 0 Å². The summed E-state index contributed by atoms with van der Waals surface area (Å²) in [5.41, 5.74) is 2.92. The maximum Gasteiger partial charge on any atom is 0.269 e. The number of non-ortho nitro benzene ring substituents is 1. The topological polar surface area (TPSA) is 72.2 Å². The normalized spacial score (nSPS) is 10.6. The fraction of sp³-hybridized carbons (Fsp3) is 0.278. The summed E-state index contributed by atoms with van der Waals surface area (Å²) in [6.45, 7) is 4.25. The van der Waals surface area contributed by atoms with Gasteiger partial charge < -0.3 is 5.32 Å². The van der Waals surface area contributed by atoms with Crippen LogP contribution >= 0.6 is 11.8 Å². The van der Waals surface area contributed by atoms with Gasteiger partial charge in [-0.05, 0) is 29.2 Å². The third-order valence-corrected chi connectivity index (χ3v) is 4.49. The molecule has 1 N–H and O–H groups in total. The number of carbonyl (C=O) groups is 1. The number of hydrogen-bond donors (Lipinski definition) is 1. The van der Waals surface area contributed by atoms with Crippen molar-refractivity contribution in [1.29, 1.82) is 0 Å². The summed E-state index contributed by atoms with van der Waals surface area (Å²) in [5, 5.41) is 13.6. The summed E-state index contributed by atoms with van der Waals surface area (Å²) in [6.07, 6.45) is 0. The lowest BCUT2D eigenvalue weighted by molar-refractivity contribution is -0.384. The van der Waals surface area contributed by atoms with Gasteiger partial charge in [-0.1, -0.05) is 38.1 Å². The van der Waals surface area contributed by atoms with E-state index in [1.165, 1.54) is 29.5 Å². The standard InChI is InChI=1S/C18H20N2O3S/c1-13(2)15-6-8-16(9-7-15)19-18(21)12-24-11-14-4-3-5-17(10-14)20(22)23/h3-10,13H,11-12H2,1-2H3,(H,19,21). The van der Waals surface area contributed by atoms with E-state index in [1.54, 1.807) is 6.07 Å². The SMILES string of the molecule is CC(C)c1ccc(NC(=O)CSCc2cccc([N+](=O)[O-])c2)cc1. The molecule has 0 saturated heterocycles. The van der Waals surface area contributed by atoms with Gasteiger partial charge in [0.25, 0.3) is 5.69 Å². The summed E-state index contributed by atoms with van der Waals surface area (Å²) >= 11 is 1.43. The van der Waals surface area contributed by atoms with Crippen molar-refractivity contribution in [3.63, 3.8) is 0 Å². The lowest BCUT2D eigenvalue weighted by Crippen LogP contribution is -2.14. The minimum atomic E-state index is -0.415. The van der Waals surface area contributed by atoms with Crippen LogP contribution in [0.4, 0.5) is 11.4 Å². The van der Waals surface area contributed by atoms with Gasteiger partial charge in [-0.2, -0.15) is 0 Å². The zero-order valence-electron chi connectivity index (χ0n) is 13.7. The van der Waals surface area contributed by atoms with Crippen molar-refractivity contribution in [3.05, 3.63) is 69.8 Å². The predicted octanol–water partition coefficient (Wildman–Crippen LogP) is 4.59. The van der Waals surface area contributed by atoms with Gasteiger partial charge in [0.2, 0.25) is 5.91 Å². The Labute approximate surface area is 145 Å². The maximum absolute atomic E-state index is 12.0. The number of benzene rings is 2. The molecule has 0 aromatic heterocycles. The lowest BCUT2D eigenvalue weighted by Gasteiger charge is -2.08. The van der Waals surface area contributed by atoms with E-state index in [1.807, 2.05) is 30.3 Å². The van der Waals surface area contributed by atoms with Gasteiger partial charge in [0, 0.05) is 23.6 Å². The Kier molecular flexibility index (Phi) is 6.37. The molecule has 0 spiro atoms. The Hall–Kier alpha value is -2.34. The van der Waals surface area contributed by atoms with Crippen LogP contribution in [0.3, 0.4) is 0 Å². The maximum atomic E-state index is 12.0. The second kappa shape index (κ2) is 8.49. The molecule has 5 nitrogen and oxygen atoms in total. The van der Waals surface area contributed by atoms with Crippen molar-refractivity contribution in [2.75, 3.05) is 11.1 Å². The highest BCUT2D eigenvalue weighted by molar-refractivity contribution is 7.99. The Morgan fingerprint density at radius 2 is 1.92 bits per heavy atom. The number of hydrogen-bond acceptors (Lipinski definition) is 4. The highest BCUT2D eigenvalue weighted by Gasteiger charge is 2.07. The molecule has 2 aromatic rings. The minimum Gasteiger partial charge on any atom is -0.325 e. The first-order chi connectivity index (χ1) is 11.5. The van der Waals surface area contributed by atoms with Gasteiger partial charge in [-0.25, -0.2) is 0 Å².